The Hall–Kier alpha value is -2.21. The van der Waals surface area contributed by atoms with Crippen LogP contribution in [0, 0.1) is 11.2 Å². The van der Waals surface area contributed by atoms with Crippen LogP contribution in [0.3, 0.4) is 0 Å². The molecule has 25 heavy (non-hydrogen) atoms. The maximum atomic E-state index is 14.6. The van der Waals surface area contributed by atoms with Crippen LogP contribution in [0.25, 0.3) is 11.1 Å². The van der Waals surface area contributed by atoms with Gasteiger partial charge in [-0.05, 0) is 38.1 Å². The molecule has 5 nitrogen and oxygen atoms in total. The minimum Gasteiger partial charge on any atom is -0.338 e. The Morgan fingerprint density at radius 1 is 1.20 bits per heavy atom. The minimum atomic E-state index is -0.265. The fourth-order valence-electron chi connectivity index (χ4n) is 4.13. The zero-order valence-corrected chi connectivity index (χ0v) is 14.7. The maximum Gasteiger partial charge on any atom is 0.230 e. The van der Waals surface area contributed by atoms with Crippen molar-refractivity contribution in [2.75, 3.05) is 26.7 Å². The van der Waals surface area contributed by atoms with E-state index in [1.54, 1.807) is 16.9 Å². The number of hydrogen-bond acceptors (Lipinski definition) is 3. The summed E-state index contributed by atoms with van der Waals surface area (Å²) in [6, 6.07) is 5.22. The van der Waals surface area contributed by atoms with Gasteiger partial charge in [0.25, 0.3) is 0 Å². The van der Waals surface area contributed by atoms with E-state index < -0.39 is 0 Å². The molecule has 2 aliphatic heterocycles. The Bertz CT molecular complexity index is 818. The van der Waals surface area contributed by atoms with Gasteiger partial charge in [0, 0.05) is 44.0 Å². The highest BCUT2D eigenvalue weighted by atomic mass is 19.1. The Kier molecular flexibility index (Phi) is 3.87. The van der Waals surface area contributed by atoms with E-state index in [2.05, 4.69) is 17.0 Å². The fourth-order valence-corrected chi connectivity index (χ4v) is 4.13. The van der Waals surface area contributed by atoms with Gasteiger partial charge in [0.15, 0.2) is 0 Å². The van der Waals surface area contributed by atoms with Crippen LogP contribution in [0.15, 0.2) is 30.6 Å². The number of amides is 1. The van der Waals surface area contributed by atoms with Crippen molar-refractivity contribution in [2.45, 2.75) is 19.4 Å². The van der Waals surface area contributed by atoms with Gasteiger partial charge in [-0.2, -0.15) is 5.10 Å². The molecule has 0 bridgehead atoms. The first-order chi connectivity index (χ1) is 12.0. The molecular formula is C19H23FN4O. The van der Waals surface area contributed by atoms with E-state index in [1.807, 2.05) is 24.2 Å². The van der Waals surface area contributed by atoms with Crippen molar-refractivity contribution in [3.8, 4) is 11.1 Å². The number of carbonyl (C=O) groups excluding carboxylic acids is 1. The predicted octanol–water partition coefficient (Wildman–Crippen LogP) is 2.28. The molecule has 2 saturated heterocycles. The van der Waals surface area contributed by atoms with Crippen molar-refractivity contribution < 1.29 is 9.18 Å². The highest BCUT2D eigenvalue weighted by Crippen LogP contribution is 2.40. The van der Waals surface area contributed by atoms with E-state index >= 15 is 0 Å². The molecule has 6 heteroatoms. The molecule has 3 heterocycles. The van der Waals surface area contributed by atoms with E-state index in [1.165, 1.54) is 6.07 Å². The van der Waals surface area contributed by atoms with Gasteiger partial charge in [0.1, 0.15) is 5.82 Å². The maximum absolute atomic E-state index is 14.6. The van der Waals surface area contributed by atoms with Crippen LogP contribution in [0.1, 0.15) is 18.4 Å². The molecule has 132 valence electrons. The molecule has 1 amide bonds. The van der Waals surface area contributed by atoms with E-state index in [0.717, 1.165) is 43.6 Å². The Morgan fingerprint density at radius 3 is 2.64 bits per heavy atom. The van der Waals surface area contributed by atoms with Crippen molar-refractivity contribution in [1.82, 2.24) is 19.6 Å². The van der Waals surface area contributed by atoms with Crippen LogP contribution < -0.4 is 0 Å². The van der Waals surface area contributed by atoms with Gasteiger partial charge >= 0.3 is 0 Å². The third-order valence-electron chi connectivity index (χ3n) is 5.60. The summed E-state index contributed by atoms with van der Waals surface area (Å²) in [6.07, 6.45) is 5.38. The first kappa shape index (κ1) is 16.3. The van der Waals surface area contributed by atoms with Gasteiger partial charge in [-0.15, -0.1) is 0 Å². The van der Waals surface area contributed by atoms with E-state index in [9.17, 15) is 9.18 Å². The second-order valence-corrected chi connectivity index (χ2v) is 7.45. The van der Waals surface area contributed by atoms with Crippen molar-refractivity contribution in [3.63, 3.8) is 0 Å². The van der Waals surface area contributed by atoms with Gasteiger partial charge in [-0.25, -0.2) is 4.39 Å². The number of likely N-dealkylation sites (tertiary alicyclic amines) is 2. The number of hydrogen-bond donors (Lipinski definition) is 0. The molecule has 0 radical (unpaired) electrons. The van der Waals surface area contributed by atoms with E-state index in [4.69, 9.17) is 0 Å². The van der Waals surface area contributed by atoms with Crippen LogP contribution in [0.5, 0.6) is 0 Å². The largest absolute Gasteiger partial charge is 0.338 e. The number of nitrogens with zero attached hydrogens (tertiary/aromatic N) is 4. The average molecular weight is 342 g/mol. The summed E-state index contributed by atoms with van der Waals surface area (Å²) >= 11 is 0. The van der Waals surface area contributed by atoms with Gasteiger partial charge in [0.2, 0.25) is 5.91 Å². The SMILES string of the molecule is CN1CCC2(CCN(Cc3ccc(-c4cnn(C)c4)cc3F)C2=O)C1. The van der Waals surface area contributed by atoms with Gasteiger partial charge in [-0.3, -0.25) is 9.48 Å². The molecule has 1 aromatic carbocycles. The fraction of sp³-hybridized carbons (Fsp3) is 0.474. The summed E-state index contributed by atoms with van der Waals surface area (Å²) in [4.78, 5) is 16.9. The molecule has 4 rings (SSSR count). The second kappa shape index (κ2) is 5.95. The summed E-state index contributed by atoms with van der Waals surface area (Å²) < 4.78 is 16.3. The van der Waals surface area contributed by atoms with Crippen molar-refractivity contribution >= 4 is 5.91 Å². The smallest absolute Gasteiger partial charge is 0.230 e. The predicted molar refractivity (Wildman–Crippen MR) is 93.2 cm³/mol. The Balaban J connectivity index is 1.51. The standard InChI is InChI=1S/C19H23FN4O/c1-22-7-5-19(13-22)6-8-24(18(19)25)12-15-4-3-14(9-17(15)20)16-10-21-23(2)11-16/h3-4,9-11H,5-8,12-13H2,1-2H3. The summed E-state index contributed by atoms with van der Waals surface area (Å²) in [5.74, 6) is -0.0776. The zero-order valence-electron chi connectivity index (χ0n) is 14.7. The Labute approximate surface area is 147 Å². The summed E-state index contributed by atoms with van der Waals surface area (Å²) in [7, 11) is 3.89. The molecule has 2 fully saturated rings. The quantitative estimate of drug-likeness (QED) is 0.859. The van der Waals surface area contributed by atoms with Crippen molar-refractivity contribution in [1.29, 1.82) is 0 Å². The molecule has 1 aromatic heterocycles. The lowest BCUT2D eigenvalue weighted by Gasteiger charge is -2.23. The molecule has 1 unspecified atom stereocenters. The average Bonchev–Trinajstić information content (AvgIpc) is 3.26. The molecule has 0 N–H and O–H groups in total. The van der Waals surface area contributed by atoms with Crippen molar-refractivity contribution in [2.24, 2.45) is 12.5 Å². The van der Waals surface area contributed by atoms with Crippen LogP contribution in [0.2, 0.25) is 0 Å². The number of aromatic nitrogens is 2. The molecule has 0 aliphatic carbocycles. The Morgan fingerprint density at radius 2 is 2.00 bits per heavy atom. The molecule has 0 saturated carbocycles. The number of carbonyl (C=O) groups is 1. The van der Waals surface area contributed by atoms with Crippen LogP contribution >= 0.6 is 0 Å². The first-order valence-electron chi connectivity index (χ1n) is 8.72. The monoisotopic (exact) mass is 342 g/mol. The van der Waals surface area contributed by atoms with Crippen LogP contribution in [-0.2, 0) is 18.4 Å². The molecular weight excluding hydrogens is 319 g/mol. The third kappa shape index (κ3) is 2.84. The summed E-state index contributed by atoms with van der Waals surface area (Å²) in [5, 5.41) is 4.12. The molecule has 2 aromatic rings. The second-order valence-electron chi connectivity index (χ2n) is 7.45. The molecule has 2 aliphatic rings. The number of benzene rings is 1. The van der Waals surface area contributed by atoms with Crippen molar-refractivity contribution in [3.05, 3.63) is 42.0 Å². The lowest BCUT2D eigenvalue weighted by molar-refractivity contribution is -0.136. The number of halogens is 1. The topological polar surface area (TPSA) is 41.4 Å². The first-order valence-corrected chi connectivity index (χ1v) is 8.72. The van der Waals surface area contributed by atoms with E-state index in [0.29, 0.717) is 12.1 Å². The highest BCUT2D eigenvalue weighted by molar-refractivity contribution is 5.85. The van der Waals surface area contributed by atoms with Gasteiger partial charge in [-0.1, -0.05) is 12.1 Å². The lowest BCUT2D eigenvalue weighted by Crippen LogP contribution is -2.36. The van der Waals surface area contributed by atoms with Gasteiger partial charge in [0.05, 0.1) is 11.6 Å². The van der Waals surface area contributed by atoms with Gasteiger partial charge < -0.3 is 9.80 Å². The lowest BCUT2D eigenvalue weighted by atomic mass is 9.85. The van der Waals surface area contributed by atoms with Crippen LogP contribution in [-0.4, -0.2) is 52.2 Å². The third-order valence-corrected chi connectivity index (χ3v) is 5.60. The minimum absolute atomic E-state index is 0.188. The van der Waals surface area contributed by atoms with Crippen LogP contribution in [0.4, 0.5) is 4.39 Å². The molecule has 1 spiro atoms. The number of aryl methyl sites for hydroxylation is 1. The van der Waals surface area contributed by atoms with E-state index in [-0.39, 0.29) is 17.1 Å². The number of rotatable bonds is 3. The highest BCUT2D eigenvalue weighted by Gasteiger charge is 2.49. The zero-order chi connectivity index (χ0) is 17.6. The normalized spacial score (nSPS) is 24.0. The summed E-state index contributed by atoms with van der Waals surface area (Å²) in [5.41, 5.74) is 2.03. The summed E-state index contributed by atoms with van der Waals surface area (Å²) in [6.45, 7) is 2.86. The molecule has 1 atom stereocenters.